The van der Waals surface area contributed by atoms with E-state index in [9.17, 15) is 0 Å². The zero-order valence-corrected chi connectivity index (χ0v) is 11.1. The molecule has 0 saturated heterocycles. The molecule has 17 heavy (non-hydrogen) atoms. The highest BCUT2D eigenvalue weighted by molar-refractivity contribution is 7.12. The van der Waals surface area contributed by atoms with Crippen molar-refractivity contribution in [2.24, 2.45) is 0 Å². The van der Waals surface area contributed by atoms with E-state index >= 15 is 0 Å². The van der Waals surface area contributed by atoms with Crippen LogP contribution in [0, 0.1) is 0 Å². The minimum Gasteiger partial charge on any atom is -0.497 e. The van der Waals surface area contributed by atoms with Crippen molar-refractivity contribution in [2.45, 2.75) is 18.7 Å². The first-order valence-electron chi connectivity index (χ1n) is 5.53. The number of hydrogen-bond acceptors (Lipinski definition) is 3. The van der Waals surface area contributed by atoms with Crippen molar-refractivity contribution < 1.29 is 4.74 Å². The lowest BCUT2D eigenvalue weighted by atomic mass is 9.93. The van der Waals surface area contributed by atoms with E-state index in [0.29, 0.717) is 5.88 Å². The van der Waals surface area contributed by atoms with Gasteiger partial charge in [0.25, 0.3) is 0 Å². The lowest BCUT2D eigenvalue weighted by Gasteiger charge is -2.15. The van der Waals surface area contributed by atoms with E-state index in [0.717, 1.165) is 29.3 Å². The van der Waals surface area contributed by atoms with E-state index in [-0.39, 0.29) is 0 Å². The van der Waals surface area contributed by atoms with Gasteiger partial charge in [0, 0.05) is 10.4 Å². The van der Waals surface area contributed by atoms with Crippen molar-refractivity contribution >= 4 is 22.9 Å². The number of thiazole rings is 1. The van der Waals surface area contributed by atoms with Crippen LogP contribution >= 0.6 is 22.9 Å². The van der Waals surface area contributed by atoms with E-state index in [2.05, 4.69) is 17.1 Å². The summed E-state index contributed by atoms with van der Waals surface area (Å²) >= 11 is 7.58. The fourth-order valence-electron chi connectivity index (χ4n) is 2.22. The Hall–Kier alpha value is -1.06. The summed E-state index contributed by atoms with van der Waals surface area (Å²) in [5, 5.41) is 1.01. The van der Waals surface area contributed by atoms with Gasteiger partial charge in [-0.1, -0.05) is 0 Å². The van der Waals surface area contributed by atoms with E-state index in [1.807, 2.05) is 6.07 Å². The van der Waals surface area contributed by atoms with Crippen LogP contribution in [0.2, 0.25) is 0 Å². The summed E-state index contributed by atoms with van der Waals surface area (Å²) < 4.78 is 5.26. The molecule has 0 radical (unpaired) electrons. The van der Waals surface area contributed by atoms with E-state index in [1.54, 1.807) is 18.4 Å². The summed E-state index contributed by atoms with van der Waals surface area (Å²) in [4.78, 5) is 5.97. The standard InChI is InChI=1S/C13H12ClNOS/c1-16-9-3-4-10-8(6-9)2-5-11-13(10)15-12(7-14)17-11/h3-4,6H,2,5,7H2,1H3. The zero-order valence-electron chi connectivity index (χ0n) is 9.50. The molecule has 4 heteroatoms. The quantitative estimate of drug-likeness (QED) is 0.773. The second kappa shape index (κ2) is 4.31. The molecule has 2 aromatic rings. The van der Waals surface area contributed by atoms with Crippen LogP contribution in [0.3, 0.4) is 0 Å². The highest BCUT2D eigenvalue weighted by Gasteiger charge is 2.20. The van der Waals surface area contributed by atoms with E-state index < -0.39 is 0 Å². The van der Waals surface area contributed by atoms with Crippen LogP contribution in [-0.2, 0) is 18.7 Å². The van der Waals surface area contributed by atoms with Gasteiger partial charge in [0.15, 0.2) is 0 Å². The van der Waals surface area contributed by atoms with Gasteiger partial charge in [0.2, 0.25) is 0 Å². The molecule has 0 spiro atoms. The molecule has 0 atom stereocenters. The third-order valence-electron chi connectivity index (χ3n) is 3.04. The fraction of sp³-hybridized carbons (Fsp3) is 0.308. The Kier molecular flexibility index (Phi) is 2.81. The van der Waals surface area contributed by atoms with Gasteiger partial charge in [0.05, 0.1) is 18.7 Å². The summed E-state index contributed by atoms with van der Waals surface area (Å²) in [5.74, 6) is 1.42. The van der Waals surface area contributed by atoms with Gasteiger partial charge >= 0.3 is 0 Å². The average molecular weight is 266 g/mol. The minimum atomic E-state index is 0.503. The SMILES string of the molecule is COc1ccc2c(c1)CCc1sc(CCl)nc1-2. The van der Waals surface area contributed by atoms with Gasteiger partial charge in [-0.05, 0) is 36.6 Å². The predicted molar refractivity (Wildman–Crippen MR) is 71.1 cm³/mol. The molecule has 3 rings (SSSR count). The zero-order chi connectivity index (χ0) is 11.8. The molecule has 0 fully saturated rings. The first-order chi connectivity index (χ1) is 8.31. The van der Waals surface area contributed by atoms with Crippen molar-refractivity contribution in [3.05, 3.63) is 33.6 Å². The number of aromatic nitrogens is 1. The Bertz CT molecular complexity index is 565. The molecule has 0 unspecified atom stereocenters. The molecule has 0 aliphatic heterocycles. The van der Waals surface area contributed by atoms with E-state index in [1.165, 1.54) is 16.0 Å². The molecule has 0 N–H and O–H groups in total. The summed E-state index contributed by atoms with van der Waals surface area (Å²) in [6.45, 7) is 0. The highest BCUT2D eigenvalue weighted by atomic mass is 35.5. The Labute approximate surface area is 109 Å². The Balaban J connectivity index is 2.12. The van der Waals surface area contributed by atoms with Gasteiger partial charge in [0.1, 0.15) is 10.8 Å². The smallest absolute Gasteiger partial charge is 0.119 e. The monoisotopic (exact) mass is 265 g/mol. The van der Waals surface area contributed by atoms with Crippen molar-refractivity contribution in [1.82, 2.24) is 4.98 Å². The van der Waals surface area contributed by atoms with Crippen LogP contribution in [0.15, 0.2) is 18.2 Å². The lowest BCUT2D eigenvalue weighted by Crippen LogP contribution is -2.02. The minimum absolute atomic E-state index is 0.503. The number of rotatable bonds is 2. The van der Waals surface area contributed by atoms with Gasteiger partial charge < -0.3 is 4.74 Å². The first-order valence-corrected chi connectivity index (χ1v) is 6.88. The lowest BCUT2D eigenvalue weighted by molar-refractivity contribution is 0.414. The molecule has 1 heterocycles. The van der Waals surface area contributed by atoms with Gasteiger partial charge in [-0.15, -0.1) is 22.9 Å². The van der Waals surface area contributed by atoms with Gasteiger partial charge in [-0.2, -0.15) is 0 Å². The maximum Gasteiger partial charge on any atom is 0.119 e. The van der Waals surface area contributed by atoms with Crippen LogP contribution in [-0.4, -0.2) is 12.1 Å². The van der Waals surface area contributed by atoms with Crippen LogP contribution in [0.5, 0.6) is 5.75 Å². The van der Waals surface area contributed by atoms with Gasteiger partial charge in [-0.25, -0.2) is 4.98 Å². The van der Waals surface area contributed by atoms with Crippen molar-refractivity contribution in [2.75, 3.05) is 7.11 Å². The maximum absolute atomic E-state index is 5.85. The summed E-state index contributed by atoms with van der Waals surface area (Å²) in [6.07, 6.45) is 2.12. The number of alkyl halides is 1. The van der Waals surface area contributed by atoms with Crippen LogP contribution in [0.25, 0.3) is 11.3 Å². The number of nitrogens with zero attached hydrogens (tertiary/aromatic N) is 1. The molecule has 0 bridgehead atoms. The molecule has 0 saturated carbocycles. The predicted octanol–water partition coefficient (Wildman–Crippen LogP) is 3.66. The van der Waals surface area contributed by atoms with E-state index in [4.69, 9.17) is 16.3 Å². The van der Waals surface area contributed by atoms with Crippen LogP contribution < -0.4 is 4.74 Å². The number of ether oxygens (including phenoxy) is 1. The first kappa shape index (κ1) is 11.1. The number of aryl methyl sites for hydroxylation is 2. The molecular weight excluding hydrogens is 254 g/mol. The third-order valence-corrected chi connectivity index (χ3v) is 4.57. The Morgan fingerprint density at radius 3 is 3.06 bits per heavy atom. The third kappa shape index (κ3) is 1.83. The number of benzene rings is 1. The number of halogens is 1. The normalized spacial score (nSPS) is 13.1. The van der Waals surface area contributed by atoms with Gasteiger partial charge in [-0.3, -0.25) is 0 Å². The molecule has 1 aromatic heterocycles. The average Bonchev–Trinajstić information content (AvgIpc) is 2.81. The maximum atomic E-state index is 5.85. The Morgan fingerprint density at radius 1 is 1.41 bits per heavy atom. The summed E-state index contributed by atoms with van der Waals surface area (Å²) in [5.41, 5.74) is 3.68. The number of hydrogen-bond donors (Lipinski definition) is 0. The molecule has 1 aliphatic rings. The summed E-state index contributed by atoms with van der Waals surface area (Å²) in [6, 6.07) is 6.20. The molecule has 1 aliphatic carbocycles. The number of fused-ring (bicyclic) bond motifs is 3. The second-order valence-electron chi connectivity index (χ2n) is 4.04. The Morgan fingerprint density at radius 2 is 2.29 bits per heavy atom. The topological polar surface area (TPSA) is 22.1 Å². The molecule has 88 valence electrons. The molecular formula is C13H12ClNOS. The highest BCUT2D eigenvalue weighted by Crippen LogP contribution is 2.38. The van der Waals surface area contributed by atoms with Crippen molar-refractivity contribution in [3.63, 3.8) is 0 Å². The summed E-state index contributed by atoms with van der Waals surface area (Å²) in [7, 11) is 1.70. The largest absolute Gasteiger partial charge is 0.497 e. The van der Waals surface area contributed by atoms with Crippen LogP contribution in [0.1, 0.15) is 15.4 Å². The number of methoxy groups -OCH3 is 1. The fourth-order valence-corrected chi connectivity index (χ4v) is 3.38. The molecule has 0 amide bonds. The second-order valence-corrected chi connectivity index (χ2v) is 5.47. The van der Waals surface area contributed by atoms with Crippen LogP contribution in [0.4, 0.5) is 0 Å². The molecule has 2 nitrogen and oxygen atoms in total. The van der Waals surface area contributed by atoms with Crippen molar-refractivity contribution in [3.8, 4) is 17.0 Å². The molecule has 1 aromatic carbocycles. The van der Waals surface area contributed by atoms with Crippen molar-refractivity contribution in [1.29, 1.82) is 0 Å².